The molecule has 1 aliphatic rings. The molecule has 0 N–H and O–H groups in total. The molecule has 0 aromatic heterocycles. The van der Waals surface area contributed by atoms with E-state index in [1.807, 2.05) is 10.6 Å². The summed E-state index contributed by atoms with van der Waals surface area (Å²) in [6.07, 6.45) is 4.19. The molecule has 1 heterocycles. The van der Waals surface area contributed by atoms with Crippen LogP contribution in [0.5, 0.6) is 0 Å². The van der Waals surface area contributed by atoms with Crippen LogP contribution < -0.4 is 5.11 Å². The van der Waals surface area contributed by atoms with E-state index in [1.165, 1.54) is 12.0 Å². The number of rotatable bonds is 2. The smallest absolute Gasteiger partial charge is 0.142 e. The van der Waals surface area contributed by atoms with Crippen LogP contribution >= 0.6 is 0 Å². The van der Waals surface area contributed by atoms with Gasteiger partial charge in [-0.05, 0) is 31.2 Å². The monoisotopic (exact) mass is 231 g/mol. The molecule has 2 rings (SSSR count). The lowest BCUT2D eigenvalue weighted by atomic mass is 9.89. The summed E-state index contributed by atoms with van der Waals surface area (Å²) in [5, 5.41) is 12.1. The molecule has 0 saturated heterocycles. The second kappa shape index (κ2) is 5.85. The van der Waals surface area contributed by atoms with E-state index in [9.17, 15) is 5.11 Å². The van der Waals surface area contributed by atoms with Gasteiger partial charge in [-0.25, -0.2) is 4.58 Å². The normalized spacial score (nSPS) is 26.3. The van der Waals surface area contributed by atoms with E-state index in [0.29, 0.717) is 18.2 Å². The Hall–Kier alpha value is -1.31. The number of nitrogens with zero attached hydrogens (tertiary/aromatic N) is 1. The third-order valence-corrected chi connectivity index (χ3v) is 3.66. The maximum Gasteiger partial charge on any atom is 0.142 e. The lowest BCUT2D eigenvalue weighted by molar-refractivity contribution is -0.561. The van der Waals surface area contributed by atoms with Crippen molar-refractivity contribution in [2.75, 3.05) is 13.1 Å². The molecule has 1 unspecified atom stereocenters. The van der Waals surface area contributed by atoms with Crippen LogP contribution in [0.2, 0.25) is 0 Å². The first-order valence-electron chi connectivity index (χ1n) is 6.64. The Balaban J connectivity index is 2.19. The summed E-state index contributed by atoms with van der Waals surface area (Å²) in [4.78, 5) is 0. The van der Waals surface area contributed by atoms with Gasteiger partial charge >= 0.3 is 0 Å². The maximum absolute atomic E-state index is 12.1. The second-order valence-corrected chi connectivity index (χ2v) is 4.78. The van der Waals surface area contributed by atoms with Crippen LogP contribution in [0.3, 0.4) is 0 Å². The summed E-state index contributed by atoms with van der Waals surface area (Å²) in [5.41, 5.74) is 1.32. The van der Waals surface area contributed by atoms with Gasteiger partial charge in [-0.2, -0.15) is 0 Å². The largest absolute Gasteiger partial charge is 0.827 e. The number of hydrogen-bond donors (Lipinski definition) is 0. The highest BCUT2D eigenvalue weighted by atomic mass is 16.3. The van der Waals surface area contributed by atoms with Crippen LogP contribution in [0.4, 0.5) is 0 Å². The highest BCUT2D eigenvalue weighted by Crippen LogP contribution is 2.26. The molecule has 2 nitrogen and oxygen atoms in total. The van der Waals surface area contributed by atoms with Crippen molar-refractivity contribution in [1.29, 1.82) is 0 Å². The van der Waals surface area contributed by atoms with Crippen molar-refractivity contribution >= 4 is 5.90 Å². The average molecular weight is 231 g/mol. The van der Waals surface area contributed by atoms with Gasteiger partial charge in [0.25, 0.3) is 0 Å². The zero-order valence-electron chi connectivity index (χ0n) is 10.6. The first kappa shape index (κ1) is 12.2. The van der Waals surface area contributed by atoms with Crippen molar-refractivity contribution < 1.29 is 9.68 Å². The molecule has 1 aromatic carbocycles. The third kappa shape index (κ3) is 3.09. The van der Waals surface area contributed by atoms with Gasteiger partial charge in [-0.3, -0.25) is 0 Å². The van der Waals surface area contributed by atoms with E-state index >= 15 is 0 Å². The van der Waals surface area contributed by atoms with Crippen molar-refractivity contribution in [2.45, 2.75) is 38.5 Å². The van der Waals surface area contributed by atoms with E-state index in [-0.39, 0.29) is 0 Å². The van der Waals surface area contributed by atoms with Crippen molar-refractivity contribution in [3.05, 3.63) is 35.9 Å². The van der Waals surface area contributed by atoms with E-state index in [2.05, 4.69) is 31.2 Å². The summed E-state index contributed by atoms with van der Waals surface area (Å²) < 4.78 is 2.00. The van der Waals surface area contributed by atoms with E-state index in [4.69, 9.17) is 0 Å². The lowest BCUT2D eigenvalue weighted by Gasteiger charge is -2.23. The summed E-state index contributed by atoms with van der Waals surface area (Å²) in [6.45, 7) is 3.86. The first-order chi connectivity index (χ1) is 8.31. The van der Waals surface area contributed by atoms with Crippen molar-refractivity contribution in [3.8, 4) is 0 Å². The predicted molar refractivity (Wildman–Crippen MR) is 68.3 cm³/mol. The highest BCUT2D eigenvalue weighted by Gasteiger charge is 2.17. The Labute approximate surface area is 104 Å². The Morgan fingerprint density at radius 2 is 2.00 bits per heavy atom. The fourth-order valence-corrected chi connectivity index (χ4v) is 2.60. The van der Waals surface area contributed by atoms with Crippen LogP contribution in [-0.2, 0) is 0 Å². The van der Waals surface area contributed by atoms with Crippen LogP contribution in [0.1, 0.15) is 44.1 Å². The maximum atomic E-state index is 12.1. The summed E-state index contributed by atoms with van der Waals surface area (Å²) in [6, 6.07) is 10.5. The van der Waals surface area contributed by atoms with E-state index < -0.39 is 0 Å². The van der Waals surface area contributed by atoms with Crippen molar-refractivity contribution in [2.24, 2.45) is 0 Å². The molecule has 1 aliphatic heterocycles. The summed E-state index contributed by atoms with van der Waals surface area (Å²) >= 11 is 0. The minimum atomic E-state index is 0.320. The van der Waals surface area contributed by atoms with Crippen LogP contribution in [0.25, 0.3) is 0 Å². The quantitative estimate of drug-likeness (QED) is 0.716. The zero-order chi connectivity index (χ0) is 12.1. The van der Waals surface area contributed by atoms with Crippen LogP contribution in [0.15, 0.2) is 30.3 Å². The average Bonchev–Trinajstić information content (AvgIpc) is 2.35. The van der Waals surface area contributed by atoms with Gasteiger partial charge in [0.15, 0.2) is 0 Å². The van der Waals surface area contributed by atoms with Crippen molar-refractivity contribution in [3.63, 3.8) is 0 Å². The van der Waals surface area contributed by atoms with Gasteiger partial charge in [0.2, 0.25) is 0 Å². The molecule has 0 bridgehead atoms. The number of hydrogen-bond acceptors (Lipinski definition) is 1. The molecule has 0 saturated carbocycles. The summed E-state index contributed by atoms with van der Waals surface area (Å²) in [7, 11) is 0. The van der Waals surface area contributed by atoms with Gasteiger partial charge in [0.05, 0.1) is 0 Å². The van der Waals surface area contributed by atoms with Gasteiger partial charge < -0.3 is 5.11 Å². The van der Waals surface area contributed by atoms with Crippen LogP contribution in [-0.4, -0.2) is 23.6 Å². The van der Waals surface area contributed by atoms with Gasteiger partial charge in [-0.15, -0.1) is 0 Å². The summed E-state index contributed by atoms with van der Waals surface area (Å²) in [5.74, 6) is 0.735. The molecule has 0 amide bonds. The molecule has 0 fully saturated rings. The van der Waals surface area contributed by atoms with Gasteiger partial charge in [-0.1, -0.05) is 30.3 Å². The fraction of sp³-hybridized carbons (Fsp3) is 0.533. The predicted octanol–water partition coefficient (Wildman–Crippen LogP) is 2.14. The highest BCUT2D eigenvalue weighted by molar-refractivity contribution is 5.67. The minimum absolute atomic E-state index is 0.320. The standard InChI is InChI=1S/C15H21NO/c1-2-16-11-7-6-10-14(12-15(16)17)13-8-4-3-5-9-13/h3-5,8-9,14H,2,6-7,10-12H2,1H3. The molecule has 17 heavy (non-hydrogen) atoms. The van der Waals surface area contributed by atoms with Gasteiger partial charge in [0, 0.05) is 12.8 Å². The topological polar surface area (TPSA) is 26.1 Å². The molecule has 92 valence electrons. The SMILES string of the molecule is CC/[N+]1=C(\[O-])CC(c2ccccc2)CCCC1. The van der Waals surface area contributed by atoms with Crippen molar-refractivity contribution in [1.82, 2.24) is 0 Å². The number of benzene rings is 1. The minimum Gasteiger partial charge on any atom is -0.827 e. The molecule has 0 spiro atoms. The molecular formula is C15H21NO. The molecule has 1 atom stereocenters. The molecular weight excluding hydrogens is 210 g/mol. The fourth-order valence-electron chi connectivity index (χ4n) is 2.60. The molecule has 2 heteroatoms. The first-order valence-corrected chi connectivity index (χ1v) is 6.64. The molecule has 0 aliphatic carbocycles. The third-order valence-electron chi connectivity index (χ3n) is 3.66. The lowest BCUT2D eigenvalue weighted by Crippen LogP contribution is -2.35. The Morgan fingerprint density at radius 1 is 1.24 bits per heavy atom. The van der Waals surface area contributed by atoms with E-state index in [1.54, 1.807) is 0 Å². The Bertz CT molecular complexity index is 383. The van der Waals surface area contributed by atoms with Gasteiger partial charge in [0.1, 0.15) is 19.0 Å². The zero-order valence-corrected chi connectivity index (χ0v) is 10.6. The molecule has 0 radical (unpaired) electrons. The molecule has 1 aromatic rings. The van der Waals surface area contributed by atoms with Crippen LogP contribution in [0, 0.1) is 0 Å². The second-order valence-electron chi connectivity index (χ2n) is 4.78. The Kier molecular flexibility index (Phi) is 4.18. The van der Waals surface area contributed by atoms with E-state index in [0.717, 1.165) is 25.9 Å². The Morgan fingerprint density at radius 3 is 2.71 bits per heavy atom.